The average molecular weight is 325 g/mol. The molecule has 22 heavy (non-hydrogen) atoms. The number of hydrogen-bond acceptors (Lipinski definition) is 3. The van der Waals surface area contributed by atoms with Crippen LogP contribution in [0.3, 0.4) is 0 Å². The highest BCUT2D eigenvalue weighted by atomic mass is 32.2. The minimum atomic E-state index is -3.41. The molecule has 1 aromatic rings. The van der Waals surface area contributed by atoms with Gasteiger partial charge in [0.2, 0.25) is 0 Å². The summed E-state index contributed by atoms with van der Waals surface area (Å²) in [6.45, 7) is 8.48. The quantitative estimate of drug-likeness (QED) is 0.802. The Balaban J connectivity index is 1.84. The molecule has 2 N–H and O–H groups in total. The van der Waals surface area contributed by atoms with E-state index in [1.54, 1.807) is 0 Å². The Morgan fingerprint density at radius 1 is 1.18 bits per heavy atom. The van der Waals surface area contributed by atoms with E-state index in [0.717, 1.165) is 26.1 Å². The van der Waals surface area contributed by atoms with Crippen molar-refractivity contribution in [1.29, 1.82) is 0 Å². The monoisotopic (exact) mass is 325 g/mol. The van der Waals surface area contributed by atoms with Gasteiger partial charge in [-0.15, -0.1) is 0 Å². The fourth-order valence-corrected chi connectivity index (χ4v) is 4.31. The van der Waals surface area contributed by atoms with E-state index in [4.69, 9.17) is 0 Å². The van der Waals surface area contributed by atoms with E-state index in [0.29, 0.717) is 5.92 Å². The van der Waals surface area contributed by atoms with Gasteiger partial charge in [0.05, 0.1) is 0 Å². The van der Waals surface area contributed by atoms with Gasteiger partial charge in [0, 0.05) is 25.2 Å². The van der Waals surface area contributed by atoms with Gasteiger partial charge in [0.25, 0.3) is 10.2 Å². The van der Waals surface area contributed by atoms with Gasteiger partial charge >= 0.3 is 0 Å². The highest BCUT2D eigenvalue weighted by molar-refractivity contribution is 7.87. The van der Waals surface area contributed by atoms with Crippen molar-refractivity contribution < 1.29 is 8.42 Å². The number of rotatable bonds is 7. The van der Waals surface area contributed by atoms with E-state index in [-0.39, 0.29) is 12.1 Å². The summed E-state index contributed by atoms with van der Waals surface area (Å²) in [6.07, 6.45) is 1.03. The normalized spacial score (nSPS) is 21.4. The number of benzene rings is 1. The Labute approximate surface area is 134 Å². The third-order valence-corrected chi connectivity index (χ3v) is 5.46. The number of hydrogen-bond donors (Lipinski definition) is 2. The molecule has 2 atom stereocenters. The minimum Gasteiger partial charge on any atom is -0.299 e. The standard InChI is InChI=1S/C16H27N3O2S/c1-13(2)17-22(20,21)18-14(3)16-9-10-19(12-16)11-15-7-5-4-6-8-15/h4-8,13-14,16-18H,9-12H2,1-3H3/t14-,16+/m1/s1. The summed E-state index contributed by atoms with van der Waals surface area (Å²) in [6, 6.07) is 10.2. The maximum absolute atomic E-state index is 11.9. The van der Waals surface area contributed by atoms with E-state index in [2.05, 4.69) is 38.6 Å². The topological polar surface area (TPSA) is 61.4 Å². The lowest BCUT2D eigenvalue weighted by Gasteiger charge is -2.22. The van der Waals surface area contributed by atoms with Crippen molar-refractivity contribution >= 4 is 10.2 Å². The van der Waals surface area contributed by atoms with Crippen LogP contribution in [-0.2, 0) is 16.8 Å². The highest BCUT2D eigenvalue weighted by Crippen LogP contribution is 2.21. The van der Waals surface area contributed by atoms with Crippen LogP contribution < -0.4 is 9.44 Å². The first-order chi connectivity index (χ1) is 10.4. The van der Waals surface area contributed by atoms with Crippen molar-refractivity contribution in [2.75, 3.05) is 13.1 Å². The van der Waals surface area contributed by atoms with Crippen molar-refractivity contribution in [1.82, 2.24) is 14.3 Å². The third-order valence-electron chi connectivity index (χ3n) is 4.00. The molecule has 0 aromatic heterocycles. The SMILES string of the molecule is CC(C)NS(=O)(=O)N[C@H](C)[C@H]1CCN(Cc2ccccc2)C1. The lowest BCUT2D eigenvalue weighted by molar-refractivity contribution is 0.304. The van der Waals surface area contributed by atoms with Crippen molar-refractivity contribution in [3.63, 3.8) is 0 Å². The third kappa shape index (κ3) is 5.35. The molecule has 1 heterocycles. The number of nitrogens with one attached hydrogen (secondary N) is 2. The van der Waals surface area contributed by atoms with Crippen LogP contribution in [0.2, 0.25) is 0 Å². The molecule has 1 aromatic carbocycles. The zero-order valence-corrected chi connectivity index (χ0v) is 14.4. The van der Waals surface area contributed by atoms with Crippen molar-refractivity contribution in [2.24, 2.45) is 5.92 Å². The molecular weight excluding hydrogens is 298 g/mol. The van der Waals surface area contributed by atoms with E-state index in [1.807, 2.05) is 26.8 Å². The van der Waals surface area contributed by atoms with E-state index in [9.17, 15) is 8.42 Å². The summed E-state index contributed by atoms with van der Waals surface area (Å²) >= 11 is 0. The van der Waals surface area contributed by atoms with Crippen LogP contribution in [0, 0.1) is 5.92 Å². The lowest BCUT2D eigenvalue weighted by Crippen LogP contribution is -2.47. The predicted molar refractivity (Wildman–Crippen MR) is 89.6 cm³/mol. The first-order valence-corrected chi connectivity index (χ1v) is 9.40. The molecule has 1 saturated heterocycles. The van der Waals surface area contributed by atoms with Gasteiger partial charge in [-0.05, 0) is 45.2 Å². The molecule has 1 aliphatic heterocycles. The second kappa shape index (κ2) is 7.55. The van der Waals surface area contributed by atoms with Crippen LogP contribution in [0.25, 0.3) is 0 Å². The van der Waals surface area contributed by atoms with Gasteiger partial charge < -0.3 is 0 Å². The van der Waals surface area contributed by atoms with Gasteiger partial charge in [-0.1, -0.05) is 30.3 Å². The summed E-state index contributed by atoms with van der Waals surface area (Å²) in [5.41, 5.74) is 1.30. The Morgan fingerprint density at radius 2 is 1.86 bits per heavy atom. The first-order valence-electron chi connectivity index (χ1n) is 7.91. The molecule has 124 valence electrons. The molecule has 0 radical (unpaired) electrons. The van der Waals surface area contributed by atoms with E-state index < -0.39 is 10.2 Å². The molecule has 0 bridgehead atoms. The molecule has 0 amide bonds. The number of nitrogens with zero attached hydrogens (tertiary/aromatic N) is 1. The van der Waals surface area contributed by atoms with Gasteiger partial charge in [-0.2, -0.15) is 17.9 Å². The second-order valence-electron chi connectivity index (χ2n) is 6.45. The molecule has 0 unspecified atom stereocenters. The molecule has 0 saturated carbocycles. The summed E-state index contributed by atoms with van der Waals surface area (Å²) in [5.74, 6) is 0.354. The molecule has 1 aliphatic rings. The Bertz CT molecular complexity index is 560. The van der Waals surface area contributed by atoms with Crippen LogP contribution >= 0.6 is 0 Å². The Kier molecular flexibility index (Phi) is 5.97. The smallest absolute Gasteiger partial charge is 0.277 e. The maximum Gasteiger partial charge on any atom is 0.277 e. The van der Waals surface area contributed by atoms with Crippen LogP contribution in [0.15, 0.2) is 30.3 Å². The molecule has 6 heteroatoms. The zero-order chi connectivity index (χ0) is 16.2. The molecule has 5 nitrogen and oxygen atoms in total. The van der Waals surface area contributed by atoms with Gasteiger partial charge in [0.15, 0.2) is 0 Å². The van der Waals surface area contributed by atoms with Gasteiger partial charge in [0.1, 0.15) is 0 Å². The van der Waals surface area contributed by atoms with Gasteiger partial charge in [-0.3, -0.25) is 4.90 Å². The second-order valence-corrected chi connectivity index (χ2v) is 7.93. The van der Waals surface area contributed by atoms with Crippen molar-refractivity contribution in [3.05, 3.63) is 35.9 Å². The zero-order valence-electron chi connectivity index (χ0n) is 13.6. The molecule has 2 rings (SSSR count). The van der Waals surface area contributed by atoms with Crippen molar-refractivity contribution in [2.45, 2.75) is 45.8 Å². The predicted octanol–water partition coefficient (Wildman–Crippen LogP) is 1.73. The van der Waals surface area contributed by atoms with Crippen LogP contribution in [0.4, 0.5) is 0 Å². The summed E-state index contributed by atoms with van der Waals surface area (Å²) in [5, 5.41) is 0. The molecule has 0 spiro atoms. The maximum atomic E-state index is 11.9. The number of likely N-dealkylation sites (tertiary alicyclic amines) is 1. The molecular formula is C16H27N3O2S. The van der Waals surface area contributed by atoms with E-state index in [1.165, 1.54) is 5.56 Å². The Morgan fingerprint density at radius 3 is 2.50 bits per heavy atom. The summed E-state index contributed by atoms with van der Waals surface area (Å²) < 4.78 is 29.2. The van der Waals surface area contributed by atoms with E-state index >= 15 is 0 Å². The summed E-state index contributed by atoms with van der Waals surface area (Å²) in [4.78, 5) is 2.39. The fourth-order valence-electron chi connectivity index (χ4n) is 2.94. The van der Waals surface area contributed by atoms with Crippen molar-refractivity contribution in [3.8, 4) is 0 Å². The Hall–Kier alpha value is -0.950. The van der Waals surface area contributed by atoms with Crippen LogP contribution in [0.5, 0.6) is 0 Å². The molecule has 0 aliphatic carbocycles. The largest absolute Gasteiger partial charge is 0.299 e. The van der Waals surface area contributed by atoms with Crippen LogP contribution in [0.1, 0.15) is 32.8 Å². The van der Waals surface area contributed by atoms with Gasteiger partial charge in [-0.25, -0.2) is 0 Å². The van der Waals surface area contributed by atoms with Crippen LogP contribution in [-0.4, -0.2) is 38.5 Å². The lowest BCUT2D eigenvalue weighted by atomic mass is 10.0. The molecule has 1 fully saturated rings. The fraction of sp³-hybridized carbons (Fsp3) is 0.625. The minimum absolute atomic E-state index is 0.0583. The first kappa shape index (κ1) is 17.4. The highest BCUT2D eigenvalue weighted by Gasteiger charge is 2.29. The average Bonchev–Trinajstić information content (AvgIpc) is 2.86. The summed E-state index contributed by atoms with van der Waals surface area (Å²) in [7, 11) is -3.41.